The lowest BCUT2D eigenvalue weighted by molar-refractivity contribution is 0.0993. The molecule has 2 heterocycles. The number of nitrogens with zero attached hydrogens (tertiary/aromatic N) is 4. The molecule has 0 aliphatic heterocycles. The second-order valence-electron chi connectivity index (χ2n) is 4.13. The lowest BCUT2D eigenvalue weighted by Gasteiger charge is -2.13. The van der Waals surface area contributed by atoms with Crippen LogP contribution in [-0.4, -0.2) is 27.3 Å². The number of hydrogen-bond donors (Lipinski definition) is 0. The third-order valence-corrected chi connectivity index (χ3v) is 4.36. The van der Waals surface area contributed by atoms with Crippen LogP contribution >= 0.6 is 22.9 Å². The summed E-state index contributed by atoms with van der Waals surface area (Å²) in [5.74, 6) is -0.616. The molecular weight excluding hydrogens is 311 g/mol. The molecule has 0 bridgehead atoms. The van der Waals surface area contributed by atoms with E-state index in [2.05, 4.69) is 14.3 Å². The predicted molar refractivity (Wildman–Crippen MR) is 80.2 cm³/mol. The van der Waals surface area contributed by atoms with Crippen LogP contribution in [0.4, 0.5) is 9.52 Å². The van der Waals surface area contributed by atoms with Gasteiger partial charge in [0.05, 0.1) is 0 Å². The number of halogens is 1. The van der Waals surface area contributed by atoms with Crippen LogP contribution in [0.2, 0.25) is 0 Å². The van der Waals surface area contributed by atoms with E-state index in [-0.39, 0.29) is 11.7 Å². The van der Waals surface area contributed by atoms with Gasteiger partial charge in [0, 0.05) is 18.0 Å². The van der Waals surface area contributed by atoms with E-state index < -0.39 is 0 Å². The van der Waals surface area contributed by atoms with Crippen molar-refractivity contribution in [1.29, 1.82) is 0 Å². The van der Waals surface area contributed by atoms with E-state index in [1.807, 2.05) is 5.38 Å². The average molecular weight is 320 g/mol. The summed E-state index contributed by atoms with van der Waals surface area (Å²) in [6.45, 7) is 0. The fourth-order valence-corrected chi connectivity index (χ4v) is 3.01. The van der Waals surface area contributed by atoms with Crippen molar-refractivity contribution >= 4 is 33.9 Å². The highest BCUT2D eigenvalue weighted by Crippen LogP contribution is 2.27. The number of aromatic nitrogens is 3. The van der Waals surface area contributed by atoms with Gasteiger partial charge in [0.15, 0.2) is 10.1 Å². The average Bonchev–Trinajstić information content (AvgIpc) is 3.17. The van der Waals surface area contributed by atoms with Crippen LogP contribution in [0, 0.1) is 5.82 Å². The van der Waals surface area contributed by atoms with Gasteiger partial charge in [-0.05, 0) is 35.8 Å². The van der Waals surface area contributed by atoms with Gasteiger partial charge in [0.25, 0.3) is 5.91 Å². The van der Waals surface area contributed by atoms with E-state index in [1.54, 1.807) is 7.05 Å². The van der Waals surface area contributed by atoms with Gasteiger partial charge in [-0.15, -0.1) is 11.3 Å². The van der Waals surface area contributed by atoms with E-state index in [0.717, 1.165) is 0 Å². The fourth-order valence-electron chi connectivity index (χ4n) is 1.68. The molecule has 106 valence electrons. The molecule has 8 heteroatoms. The van der Waals surface area contributed by atoms with Gasteiger partial charge in [0.2, 0.25) is 0 Å². The Balaban J connectivity index is 1.83. The van der Waals surface area contributed by atoms with Gasteiger partial charge in [-0.1, -0.05) is 0 Å². The predicted octanol–water partition coefficient (Wildman–Crippen LogP) is 3.08. The summed E-state index contributed by atoms with van der Waals surface area (Å²) in [7, 11) is 1.63. The molecule has 0 radical (unpaired) electrons. The Labute approximate surface area is 127 Å². The zero-order valence-corrected chi connectivity index (χ0v) is 12.5. The number of thiazole rings is 1. The highest BCUT2D eigenvalue weighted by Gasteiger charge is 2.17. The molecule has 3 aromatic rings. The number of rotatable bonds is 3. The van der Waals surface area contributed by atoms with Gasteiger partial charge in [-0.3, -0.25) is 9.69 Å². The van der Waals surface area contributed by atoms with Gasteiger partial charge in [-0.25, -0.2) is 14.4 Å². The highest BCUT2D eigenvalue weighted by molar-refractivity contribution is 7.15. The van der Waals surface area contributed by atoms with Gasteiger partial charge >= 0.3 is 0 Å². The Morgan fingerprint density at radius 2 is 2.05 bits per heavy atom. The summed E-state index contributed by atoms with van der Waals surface area (Å²) in [6.07, 6.45) is 1.46. The molecule has 0 unspecified atom stereocenters. The number of amides is 1. The first-order valence-electron chi connectivity index (χ1n) is 5.91. The number of anilines is 1. The Bertz CT molecular complexity index is 755. The van der Waals surface area contributed by atoms with Gasteiger partial charge in [-0.2, -0.15) is 4.37 Å². The molecule has 1 aromatic carbocycles. The molecule has 0 spiro atoms. The van der Waals surface area contributed by atoms with Crippen LogP contribution in [0.1, 0.15) is 10.4 Å². The van der Waals surface area contributed by atoms with Gasteiger partial charge < -0.3 is 0 Å². The van der Waals surface area contributed by atoms with Gasteiger partial charge in [0.1, 0.15) is 17.8 Å². The second-order valence-corrected chi connectivity index (χ2v) is 5.75. The van der Waals surface area contributed by atoms with E-state index >= 15 is 0 Å². The van der Waals surface area contributed by atoms with E-state index in [4.69, 9.17) is 0 Å². The molecule has 5 nitrogen and oxygen atoms in total. The third-order valence-electron chi connectivity index (χ3n) is 2.76. The van der Waals surface area contributed by atoms with Crippen molar-refractivity contribution in [3.63, 3.8) is 0 Å². The molecule has 0 aliphatic carbocycles. The summed E-state index contributed by atoms with van der Waals surface area (Å²) in [5, 5.41) is 3.08. The molecular formula is C13H9FN4OS2. The van der Waals surface area contributed by atoms with E-state index in [1.165, 1.54) is 58.4 Å². The Hall–Kier alpha value is -2.19. The quantitative estimate of drug-likeness (QED) is 0.744. The number of benzene rings is 1. The van der Waals surface area contributed by atoms with Crippen LogP contribution < -0.4 is 4.90 Å². The molecule has 0 N–H and O–H groups in total. The maximum Gasteiger partial charge on any atom is 0.259 e. The zero-order chi connectivity index (χ0) is 14.8. The smallest absolute Gasteiger partial charge is 0.259 e. The zero-order valence-electron chi connectivity index (χ0n) is 10.9. The van der Waals surface area contributed by atoms with Crippen LogP contribution in [0.25, 0.3) is 10.7 Å². The van der Waals surface area contributed by atoms with Crippen LogP contribution in [0.5, 0.6) is 0 Å². The second kappa shape index (κ2) is 5.66. The lowest BCUT2D eigenvalue weighted by Crippen LogP contribution is -2.26. The molecule has 1 amide bonds. The molecule has 0 aliphatic rings. The van der Waals surface area contributed by atoms with Crippen molar-refractivity contribution in [2.75, 3.05) is 11.9 Å². The van der Waals surface area contributed by atoms with Crippen molar-refractivity contribution < 1.29 is 9.18 Å². The number of carbonyl (C=O) groups excluding carboxylic acids is 1. The van der Waals surface area contributed by atoms with Crippen molar-refractivity contribution in [2.45, 2.75) is 0 Å². The highest BCUT2D eigenvalue weighted by atomic mass is 32.1. The minimum Gasteiger partial charge on any atom is -0.287 e. The maximum absolute atomic E-state index is 12.9. The first kappa shape index (κ1) is 13.8. The third kappa shape index (κ3) is 2.81. The van der Waals surface area contributed by atoms with Crippen LogP contribution in [0.15, 0.2) is 36.0 Å². The van der Waals surface area contributed by atoms with Crippen LogP contribution in [-0.2, 0) is 0 Å². The molecule has 21 heavy (non-hydrogen) atoms. The molecule has 0 saturated heterocycles. The van der Waals surface area contributed by atoms with Crippen LogP contribution in [0.3, 0.4) is 0 Å². The SMILES string of the molecule is CN(C(=O)c1ccc(F)cc1)c1nc(-c2ncns2)cs1. The minimum absolute atomic E-state index is 0.242. The summed E-state index contributed by atoms with van der Waals surface area (Å²) in [4.78, 5) is 22.2. The number of hydrogen-bond acceptors (Lipinski definition) is 6. The lowest BCUT2D eigenvalue weighted by atomic mass is 10.2. The minimum atomic E-state index is -0.373. The van der Waals surface area contributed by atoms with E-state index in [9.17, 15) is 9.18 Å². The Morgan fingerprint density at radius 3 is 2.71 bits per heavy atom. The molecule has 0 saturated carbocycles. The summed E-state index contributed by atoms with van der Waals surface area (Å²) in [5.41, 5.74) is 1.10. The standard InChI is InChI=1S/C13H9FN4OS2/c1-18(12(19)8-2-4-9(14)5-3-8)13-17-10(6-20-13)11-15-7-16-21-11/h2-7H,1H3. The van der Waals surface area contributed by atoms with Crippen molar-refractivity contribution in [1.82, 2.24) is 14.3 Å². The first-order chi connectivity index (χ1) is 10.1. The fraction of sp³-hybridized carbons (Fsp3) is 0.0769. The number of carbonyl (C=O) groups is 1. The van der Waals surface area contributed by atoms with E-state index in [0.29, 0.717) is 21.4 Å². The van der Waals surface area contributed by atoms with Crippen molar-refractivity contribution in [2.24, 2.45) is 0 Å². The molecule has 0 atom stereocenters. The van der Waals surface area contributed by atoms with Crippen molar-refractivity contribution in [3.05, 3.63) is 47.4 Å². The first-order valence-corrected chi connectivity index (χ1v) is 7.56. The summed E-state index contributed by atoms with van der Waals surface area (Å²) in [6, 6.07) is 5.42. The Morgan fingerprint density at radius 1 is 1.29 bits per heavy atom. The largest absolute Gasteiger partial charge is 0.287 e. The normalized spacial score (nSPS) is 10.6. The molecule has 2 aromatic heterocycles. The molecule has 3 rings (SSSR count). The maximum atomic E-state index is 12.9. The monoisotopic (exact) mass is 320 g/mol. The van der Waals surface area contributed by atoms with Crippen molar-refractivity contribution in [3.8, 4) is 10.7 Å². The topological polar surface area (TPSA) is 59.0 Å². The molecule has 0 fully saturated rings. The Kier molecular flexibility index (Phi) is 3.72. The summed E-state index contributed by atoms with van der Waals surface area (Å²) >= 11 is 2.59. The summed E-state index contributed by atoms with van der Waals surface area (Å²) < 4.78 is 16.8.